The number of ether oxygens (including phenoxy) is 3. The van der Waals surface area contributed by atoms with E-state index in [0.29, 0.717) is 39.0 Å². The van der Waals surface area contributed by atoms with Crippen LogP contribution >= 0.6 is 34.3 Å². The number of rotatable bonds is 6. The molecule has 0 saturated carbocycles. The number of hydrogen-bond donors (Lipinski definition) is 0. The van der Waals surface area contributed by atoms with E-state index in [1.54, 1.807) is 29.7 Å². The SMILES string of the molecule is CCOC(=O)Cn1c(=NC(=O)C2CCN(S(=O)(=O)c3ccc(Cl)s3)CC2)sc2cc3c(cc21)OCO3. The predicted molar refractivity (Wildman–Crippen MR) is 134 cm³/mol. The van der Waals surface area contributed by atoms with Gasteiger partial charge in [-0.25, -0.2) is 8.42 Å². The summed E-state index contributed by atoms with van der Waals surface area (Å²) in [4.78, 5) is 30.1. The summed E-state index contributed by atoms with van der Waals surface area (Å²) in [6.07, 6.45) is 0.693. The third-order valence-electron chi connectivity index (χ3n) is 5.92. The van der Waals surface area contributed by atoms with E-state index in [4.69, 9.17) is 25.8 Å². The molecule has 0 bridgehead atoms. The van der Waals surface area contributed by atoms with Crippen molar-refractivity contribution in [1.29, 1.82) is 0 Å². The van der Waals surface area contributed by atoms with Crippen molar-refractivity contribution in [3.8, 4) is 11.5 Å². The highest BCUT2D eigenvalue weighted by molar-refractivity contribution is 7.91. The van der Waals surface area contributed by atoms with E-state index in [9.17, 15) is 18.0 Å². The molecule has 0 radical (unpaired) electrons. The standard InChI is InChI=1S/C22H22ClN3O7S3/c1-2-31-19(27)11-26-14-9-15-16(33-12-32-15)10-17(14)34-22(26)24-21(28)13-5-7-25(8-6-13)36(29,30)20-4-3-18(23)35-20/h3-4,9-10,13H,2,5-8,11-12H2,1H3. The van der Waals surface area contributed by atoms with Gasteiger partial charge in [0.2, 0.25) is 6.79 Å². The Balaban J connectivity index is 1.39. The first kappa shape index (κ1) is 25.2. The maximum Gasteiger partial charge on any atom is 0.326 e. The Morgan fingerprint density at radius 1 is 1.17 bits per heavy atom. The molecule has 0 spiro atoms. The van der Waals surface area contributed by atoms with Crippen LogP contribution < -0.4 is 14.3 Å². The second-order valence-electron chi connectivity index (χ2n) is 8.14. The van der Waals surface area contributed by atoms with E-state index < -0.39 is 21.9 Å². The van der Waals surface area contributed by atoms with Gasteiger partial charge in [-0.15, -0.1) is 11.3 Å². The summed E-state index contributed by atoms with van der Waals surface area (Å²) in [6.45, 7) is 2.38. The van der Waals surface area contributed by atoms with Crippen LogP contribution in [-0.2, 0) is 30.9 Å². The molecular weight excluding hydrogens is 550 g/mol. The van der Waals surface area contributed by atoms with Crippen molar-refractivity contribution in [1.82, 2.24) is 8.87 Å². The lowest BCUT2D eigenvalue weighted by Gasteiger charge is -2.29. The first-order chi connectivity index (χ1) is 17.3. The minimum atomic E-state index is -3.65. The van der Waals surface area contributed by atoms with Crippen LogP contribution in [0.25, 0.3) is 10.2 Å². The Labute approximate surface area is 219 Å². The van der Waals surface area contributed by atoms with Crippen molar-refractivity contribution in [2.45, 2.75) is 30.5 Å². The zero-order valence-electron chi connectivity index (χ0n) is 19.1. The molecule has 3 aromatic rings. The molecule has 192 valence electrons. The first-order valence-electron chi connectivity index (χ1n) is 11.2. The molecule has 2 aliphatic rings. The highest BCUT2D eigenvalue weighted by Gasteiger charge is 2.33. The van der Waals surface area contributed by atoms with Crippen molar-refractivity contribution in [3.63, 3.8) is 0 Å². The highest BCUT2D eigenvalue weighted by atomic mass is 35.5. The predicted octanol–water partition coefficient (Wildman–Crippen LogP) is 3.24. The number of aromatic nitrogens is 1. The van der Waals surface area contributed by atoms with E-state index in [2.05, 4.69) is 4.99 Å². The first-order valence-corrected chi connectivity index (χ1v) is 14.6. The van der Waals surface area contributed by atoms with Gasteiger partial charge in [-0.1, -0.05) is 22.9 Å². The van der Waals surface area contributed by atoms with E-state index in [0.717, 1.165) is 16.0 Å². The molecule has 1 aromatic carbocycles. The van der Waals surface area contributed by atoms with Crippen molar-refractivity contribution < 1.29 is 32.2 Å². The number of halogens is 1. The van der Waals surface area contributed by atoms with Gasteiger partial charge in [0, 0.05) is 31.1 Å². The maximum atomic E-state index is 13.1. The zero-order valence-corrected chi connectivity index (χ0v) is 22.3. The van der Waals surface area contributed by atoms with Crippen molar-refractivity contribution in [3.05, 3.63) is 33.4 Å². The van der Waals surface area contributed by atoms with Crippen LogP contribution in [0.5, 0.6) is 11.5 Å². The lowest BCUT2D eigenvalue weighted by atomic mass is 9.98. The molecule has 0 unspecified atom stereocenters. The molecule has 2 aliphatic heterocycles. The Hall–Kier alpha value is -2.45. The summed E-state index contributed by atoms with van der Waals surface area (Å²) in [7, 11) is -3.65. The average Bonchev–Trinajstić information content (AvgIpc) is 3.57. The second-order valence-corrected chi connectivity index (χ2v) is 13.0. The van der Waals surface area contributed by atoms with E-state index >= 15 is 0 Å². The second kappa shape index (κ2) is 10.1. The van der Waals surface area contributed by atoms with Gasteiger partial charge in [0.25, 0.3) is 15.9 Å². The van der Waals surface area contributed by atoms with Gasteiger partial charge in [-0.2, -0.15) is 9.30 Å². The molecule has 0 aliphatic carbocycles. The molecule has 2 aromatic heterocycles. The highest BCUT2D eigenvalue weighted by Crippen LogP contribution is 2.37. The zero-order chi connectivity index (χ0) is 25.4. The van der Waals surface area contributed by atoms with Crippen molar-refractivity contribution >= 4 is 66.4 Å². The Bertz CT molecular complexity index is 1500. The number of hydrogen-bond acceptors (Lipinski definition) is 9. The van der Waals surface area contributed by atoms with E-state index in [1.807, 2.05) is 0 Å². The fourth-order valence-corrected chi connectivity index (χ4v) is 8.28. The molecule has 0 N–H and O–H groups in total. The molecule has 36 heavy (non-hydrogen) atoms. The van der Waals surface area contributed by atoms with E-state index in [-0.39, 0.29) is 43.2 Å². The smallest absolute Gasteiger partial charge is 0.326 e. The molecule has 1 fully saturated rings. The number of benzene rings is 1. The lowest BCUT2D eigenvalue weighted by molar-refractivity contribution is -0.143. The third kappa shape index (κ3) is 4.90. The van der Waals surface area contributed by atoms with Crippen LogP contribution in [-0.4, -0.2) is 55.7 Å². The Morgan fingerprint density at radius 3 is 2.56 bits per heavy atom. The van der Waals surface area contributed by atoms with Gasteiger partial charge < -0.3 is 18.8 Å². The van der Waals surface area contributed by atoms with Gasteiger partial charge in [0.15, 0.2) is 16.3 Å². The quantitative estimate of drug-likeness (QED) is 0.417. The Morgan fingerprint density at radius 2 is 1.89 bits per heavy atom. The number of piperidine rings is 1. The maximum absolute atomic E-state index is 13.1. The normalized spacial score (nSPS) is 17.1. The number of amides is 1. The van der Waals surface area contributed by atoms with Crippen LogP contribution in [0.15, 0.2) is 33.5 Å². The summed E-state index contributed by atoms with van der Waals surface area (Å²) in [5.74, 6) is -0.0883. The summed E-state index contributed by atoms with van der Waals surface area (Å²) in [6, 6.07) is 6.60. The lowest BCUT2D eigenvalue weighted by Crippen LogP contribution is -2.40. The number of nitrogens with zero attached hydrogens (tertiary/aromatic N) is 3. The fourth-order valence-electron chi connectivity index (χ4n) is 4.13. The van der Waals surface area contributed by atoms with Crippen molar-refractivity contribution in [2.24, 2.45) is 10.9 Å². The monoisotopic (exact) mass is 571 g/mol. The number of fused-ring (bicyclic) bond motifs is 2. The summed E-state index contributed by atoms with van der Waals surface area (Å²) in [5.41, 5.74) is 0.680. The molecule has 0 atom stereocenters. The van der Waals surface area contributed by atoms with Gasteiger partial charge >= 0.3 is 5.97 Å². The molecule has 1 saturated heterocycles. The number of esters is 1. The number of carbonyl (C=O) groups is 2. The van der Waals surface area contributed by atoms with Crippen LogP contribution in [0, 0.1) is 5.92 Å². The third-order valence-corrected chi connectivity index (χ3v) is 10.6. The van der Waals surface area contributed by atoms with Gasteiger partial charge in [0.1, 0.15) is 10.8 Å². The number of sulfonamides is 1. The van der Waals surface area contributed by atoms with Gasteiger partial charge in [0.05, 0.1) is 21.2 Å². The number of thiophene rings is 1. The summed E-state index contributed by atoms with van der Waals surface area (Å²) >= 11 is 8.17. The molecule has 5 rings (SSSR count). The van der Waals surface area contributed by atoms with Gasteiger partial charge in [-0.05, 0) is 31.9 Å². The van der Waals surface area contributed by atoms with Crippen LogP contribution in [0.4, 0.5) is 0 Å². The minimum Gasteiger partial charge on any atom is -0.465 e. The van der Waals surface area contributed by atoms with Crippen LogP contribution in [0.3, 0.4) is 0 Å². The van der Waals surface area contributed by atoms with Crippen molar-refractivity contribution in [2.75, 3.05) is 26.5 Å². The van der Waals surface area contributed by atoms with Crippen LogP contribution in [0.1, 0.15) is 19.8 Å². The minimum absolute atomic E-state index is 0.111. The van der Waals surface area contributed by atoms with Gasteiger partial charge in [-0.3, -0.25) is 9.59 Å². The Kier molecular flexibility index (Phi) is 7.10. The average molecular weight is 572 g/mol. The molecule has 4 heterocycles. The van der Waals surface area contributed by atoms with E-state index in [1.165, 1.54) is 21.7 Å². The van der Waals surface area contributed by atoms with Crippen LogP contribution in [0.2, 0.25) is 4.34 Å². The molecule has 14 heteroatoms. The molecule has 1 amide bonds. The summed E-state index contributed by atoms with van der Waals surface area (Å²) < 4.78 is 46.1. The topological polar surface area (TPSA) is 116 Å². The molecule has 10 nitrogen and oxygen atoms in total. The largest absolute Gasteiger partial charge is 0.465 e. The number of carbonyl (C=O) groups excluding carboxylic acids is 2. The molecular formula is C22H22ClN3O7S3. The fraction of sp³-hybridized carbons (Fsp3) is 0.409. The number of thiazole rings is 1. The summed E-state index contributed by atoms with van der Waals surface area (Å²) in [5, 5.41) is 0.